The molecular formula is C14H11BrN2OS. The van der Waals surface area contributed by atoms with Crippen molar-refractivity contribution in [3.63, 3.8) is 0 Å². The summed E-state index contributed by atoms with van der Waals surface area (Å²) in [5, 5.41) is 0.683. The minimum Gasteiger partial charge on any atom is -0.431 e. The molecule has 0 fully saturated rings. The van der Waals surface area contributed by atoms with Gasteiger partial charge >= 0.3 is 0 Å². The zero-order chi connectivity index (χ0) is 13.2. The first kappa shape index (κ1) is 12.6. The van der Waals surface area contributed by atoms with Crippen molar-refractivity contribution < 1.29 is 4.42 Å². The lowest BCUT2D eigenvalue weighted by Gasteiger charge is -2.02. The summed E-state index contributed by atoms with van der Waals surface area (Å²) in [6.45, 7) is 0. The largest absolute Gasteiger partial charge is 0.431 e. The van der Waals surface area contributed by atoms with Crippen LogP contribution in [0.5, 0.6) is 0 Å². The maximum absolute atomic E-state index is 5.86. The van der Waals surface area contributed by atoms with Gasteiger partial charge in [-0.2, -0.15) is 0 Å². The Morgan fingerprint density at radius 3 is 2.84 bits per heavy atom. The highest BCUT2D eigenvalue weighted by atomic mass is 79.9. The number of nitrogens with zero attached hydrogens (tertiary/aromatic N) is 1. The van der Waals surface area contributed by atoms with Crippen LogP contribution in [0.4, 0.5) is 5.69 Å². The Hall–Kier alpha value is -1.46. The van der Waals surface area contributed by atoms with Crippen LogP contribution in [-0.4, -0.2) is 4.98 Å². The quantitative estimate of drug-likeness (QED) is 0.567. The molecule has 3 aromatic rings. The van der Waals surface area contributed by atoms with Gasteiger partial charge < -0.3 is 10.2 Å². The van der Waals surface area contributed by atoms with Crippen LogP contribution < -0.4 is 5.73 Å². The molecule has 0 aliphatic rings. The molecule has 3 nitrogen and oxygen atoms in total. The number of thioether (sulfide) groups is 1. The molecule has 0 saturated carbocycles. The first-order chi connectivity index (χ1) is 9.22. The molecule has 0 aliphatic heterocycles. The van der Waals surface area contributed by atoms with E-state index in [4.69, 9.17) is 10.2 Å². The van der Waals surface area contributed by atoms with Gasteiger partial charge in [0.25, 0.3) is 5.22 Å². The summed E-state index contributed by atoms with van der Waals surface area (Å²) in [4.78, 5) is 4.42. The number of hydrogen-bond donors (Lipinski definition) is 1. The maximum Gasteiger partial charge on any atom is 0.257 e. The molecule has 0 aliphatic carbocycles. The molecule has 0 saturated heterocycles. The fraction of sp³-hybridized carbons (Fsp3) is 0.0714. The van der Waals surface area contributed by atoms with Crippen molar-refractivity contribution in [2.24, 2.45) is 0 Å². The first-order valence-electron chi connectivity index (χ1n) is 5.74. The summed E-state index contributed by atoms with van der Waals surface area (Å²) in [6.07, 6.45) is 0. The van der Waals surface area contributed by atoms with Gasteiger partial charge in [0.15, 0.2) is 5.58 Å². The van der Waals surface area contributed by atoms with Crippen molar-refractivity contribution in [1.29, 1.82) is 0 Å². The van der Waals surface area contributed by atoms with Gasteiger partial charge in [0.1, 0.15) is 5.52 Å². The second-order valence-corrected chi connectivity index (χ2v) is 5.87. The van der Waals surface area contributed by atoms with Gasteiger partial charge in [0.2, 0.25) is 0 Å². The zero-order valence-corrected chi connectivity index (χ0v) is 12.4. The van der Waals surface area contributed by atoms with E-state index >= 15 is 0 Å². The van der Waals surface area contributed by atoms with E-state index in [-0.39, 0.29) is 0 Å². The number of benzene rings is 2. The molecule has 0 spiro atoms. The van der Waals surface area contributed by atoms with Crippen LogP contribution in [0.3, 0.4) is 0 Å². The molecule has 0 unspecified atom stereocenters. The second-order valence-electron chi connectivity index (χ2n) is 4.09. The molecule has 96 valence electrons. The summed E-state index contributed by atoms with van der Waals surface area (Å²) in [7, 11) is 0. The van der Waals surface area contributed by atoms with Crippen LogP contribution in [-0.2, 0) is 5.75 Å². The van der Waals surface area contributed by atoms with Gasteiger partial charge in [-0.25, -0.2) is 4.98 Å². The van der Waals surface area contributed by atoms with E-state index in [1.54, 1.807) is 11.8 Å². The normalized spacial score (nSPS) is 11.0. The third kappa shape index (κ3) is 2.77. The predicted octanol–water partition coefficient (Wildman–Crippen LogP) is 4.46. The van der Waals surface area contributed by atoms with Gasteiger partial charge in [-0.05, 0) is 45.8 Å². The second kappa shape index (κ2) is 5.27. The topological polar surface area (TPSA) is 52.0 Å². The molecule has 19 heavy (non-hydrogen) atoms. The van der Waals surface area contributed by atoms with Crippen molar-refractivity contribution in [1.82, 2.24) is 4.98 Å². The molecule has 2 N–H and O–H groups in total. The molecular weight excluding hydrogens is 324 g/mol. The summed E-state index contributed by atoms with van der Waals surface area (Å²) < 4.78 is 6.57. The molecule has 0 amide bonds. The fourth-order valence-corrected chi connectivity index (χ4v) is 2.77. The van der Waals surface area contributed by atoms with E-state index in [9.17, 15) is 0 Å². The lowest BCUT2D eigenvalue weighted by Crippen LogP contribution is -1.89. The monoisotopic (exact) mass is 334 g/mol. The average Bonchev–Trinajstić information content (AvgIpc) is 2.83. The number of halogens is 1. The average molecular weight is 335 g/mol. The Labute approximate surface area is 123 Å². The number of nitrogens with two attached hydrogens (primary N) is 1. The lowest BCUT2D eigenvalue weighted by atomic mass is 10.2. The van der Waals surface area contributed by atoms with E-state index in [1.165, 1.54) is 0 Å². The Balaban J connectivity index is 1.76. The lowest BCUT2D eigenvalue weighted by molar-refractivity contribution is 0.489. The SMILES string of the molecule is Nc1cc(CSc2nc3ccccc3o2)ccc1Br. The summed E-state index contributed by atoms with van der Waals surface area (Å²) >= 11 is 4.95. The molecule has 0 bridgehead atoms. The predicted molar refractivity (Wildman–Crippen MR) is 82.1 cm³/mol. The van der Waals surface area contributed by atoms with Crippen molar-refractivity contribution >= 4 is 44.5 Å². The Morgan fingerprint density at radius 2 is 2.05 bits per heavy atom. The van der Waals surface area contributed by atoms with E-state index in [2.05, 4.69) is 20.9 Å². The van der Waals surface area contributed by atoms with Gasteiger partial charge in [0.05, 0.1) is 0 Å². The molecule has 1 heterocycles. The van der Waals surface area contributed by atoms with Crippen molar-refractivity contribution in [3.05, 3.63) is 52.5 Å². The highest BCUT2D eigenvalue weighted by molar-refractivity contribution is 9.10. The van der Waals surface area contributed by atoms with E-state index in [0.717, 1.165) is 32.6 Å². The van der Waals surface area contributed by atoms with Gasteiger partial charge in [-0.3, -0.25) is 0 Å². The van der Waals surface area contributed by atoms with Crippen molar-refractivity contribution in [3.8, 4) is 0 Å². The Kier molecular flexibility index (Phi) is 3.48. The highest BCUT2D eigenvalue weighted by Crippen LogP contribution is 2.28. The third-order valence-corrected chi connectivity index (χ3v) is 4.32. The number of anilines is 1. The number of para-hydroxylation sites is 2. The zero-order valence-electron chi connectivity index (χ0n) is 9.97. The molecule has 0 radical (unpaired) electrons. The van der Waals surface area contributed by atoms with Crippen molar-refractivity contribution in [2.75, 3.05) is 5.73 Å². The van der Waals surface area contributed by atoms with E-state index in [0.29, 0.717) is 5.22 Å². The molecule has 5 heteroatoms. The van der Waals surface area contributed by atoms with Crippen LogP contribution in [0, 0.1) is 0 Å². The van der Waals surface area contributed by atoms with Crippen LogP contribution in [0.25, 0.3) is 11.1 Å². The third-order valence-electron chi connectivity index (χ3n) is 2.70. The van der Waals surface area contributed by atoms with E-state index < -0.39 is 0 Å². The summed E-state index contributed by atoms with van der Waals surface area (Å²) in [6, 6.07) is 13.7. The number of fused-ring (bicyclic) bond motifs is 1. The van der Waals surface area contributed by atoms with Crippen LogP contribution >= 0.6 is 27.7 Å². The Morgan fingerprint density at radius 1 is 1.21 bits per heavy atom. The Bertz CT molecular complexity index is 693. The maximum atomic E-state index is 5.86. The summed E-state index contributed by atoms with van der Waals surface area (Å²) in [5.41, 5.74) is 9.46. The molecule has 3 rings (SSSR count). The number of rotatable bonds is 3. The van der Waals surface area contributed by atoms with Crippen LogP contribution in [0.15, 0.2) is 56.6 Å². The van der Waals surface area contributed by atoms with Gasteiger partial charge in [-0.1, -0.05) is 30.0 Å². The summed E-state index contributed by atoms with van der Waals surface area (Å²) in [5.74, 6) is 0.782. The van der Waals surface area contributed by atoms with Crippen molar-refractivity contribution in [2.45, 2.75) is 11.0 Å². The van der Waals surface area contributed by atoms with Crippen LogP contribution in [0.2, 0.25) is 0 Å². The highest BCUT2D eigenvalue weighted by Gasteiger charge is 2.06. The minimum absolute atomic E-state index is 0.683. The van der Waals surface area contributed by atoms with E-state index in [1.807, 2.05) is 42.5 Å². The fourth-order valence-electron chi connectivity index (χ4n) is 1.74. The minimum atomic E-state index is 0.683. The number of hydrogen-bond acceptors (Lipinski definition) is 4. The van der Waals surface area contributed by atoms with Gasteiger partial charge in [0, 0.05) is 15.9 Å². The molecule has 0 atom stereocenters. The number of oxazole rings is 1. The standard InChI is InChI=1S/C14H11BrN2OS/c15-10-6-5-9(7-11(10)16)8-19-14-17-12-3-1-2-4-13(12)18-14/h1-7H,8,16H2. The molecule has 1 aromatic heterocycles. The first-order valence-corrected chi connectivity index (χ1v) is 7.52. The smallest absolute Gasteiger partial charge is 0.257 e. The van der Waals surface area contributed by atoms with Crippen LogP contribution in [0.1, 0.15) is 5.56 Å². The van der Waals surface area contributed by atoms with Gasteiger partial charge in [-0.15, -0.1) is 0 Å². The molecule has 2 aromatic carbocycles. The number of aromatic nitrogens is 1. The number of nitrogen functional groups attached to an aromatic ring is 1.